The Morgan fingerprint density at radius 3 is 2.54 bits per heavy atom. The lowest BCUT2D eigenvalue weighted by molar-refractivity contribution is -0.384. The minimum absolute atomic E-state index is 0.00141. The Labute approximate surface area is 206 Å². The van der Waals surface area contributed by atoms with Gasteiger partial charge in [-0.05, 0) is 42.8 Å². The summed E-state index contributed by atoms with van der Waals surface area (Å²) in [5, 5.41) is 17.3. The van der Waals surface area contributed by atoms with E-state index in [1.165, 1.54) is 24.3 Å². The number of nitro benzene ring substituents is 1. The Morgan fingerprint density at radius 2 is 1.86 bits per heavy atom. The van der Waals surface area contributed by atoms with Crippen LogP contribution in [0.2, 0.25) is 0 Å². The van der Waals surface area contributed by atoms with Crippen molar-refractivity contribution >= 4 is 17.3 Å². The smallest absolute Gasteiger partial charge is 0.291 e. The molecule has 0 aliphatic heterocycles. The third kappa shape index (κ3) is 6.12. The van der Waals surface area contributed by atoms with Gasteiger partial charge in [0, 0.05) is 12.1 Å². The molecule has 9 nitrogen and oxygen atoms in total. The molecule has 2 aromatic heterocycles. The number of rotatable bonds is 9. The van der Waals surface area contributed by atoms with E-state index in [0.717, 1.165) is 11.6 Å². The van der Waals surface area contributed by atoms with Crippen molar-refractivity contribution in [1.82, 2.24) is 9.78 Å². The number of anilines is 1. The van der Waals surface area contributed by atoms with E-state index in [1.807, 2.05) is 13.0 Å². The molecule has 0 unspecified atom stereocenters. The molecule has 2 aromatic carbocycles. The zero-order chi connectivity index (χ0) is 26.7. The number of ether oxygens (including phenoxy) is 1. The van der Waals surface area contributed by atoms with Crippen molar-refractivity contribution < 1.29 is 36.4 Å². The van der Waals surface area contributed by atoms with Crippen LogP contribution in [0.1, 0.15) is 46.1 Å². The predicted molar refractivity (Wildman–Crippen MR) is 122 cm³/mol. The Balaban J connectivity index is 1.52. The first-order valence-corrected chi connectivity index (χ1v) is 10.7. The number of benzene rings is 2. The minimum atomic E-state index is -3.05. The zero-order valence-electron chi connectivity index (χ0n) is 19.0. The van der Waals surface area contributed by atoms with Crippen LogP contribution < -0.4 is 10.1 Å². The van der Waals surface area contributed by atoms with Crippen LogP contribution in [0, 0.1) is 17.0 Å². The number of nitrogens with zero attached hydrogens (tertiary/aromatic N) is 3. The summed E-state index contributed by atoms with van der Waals surface area (Å²) in [6, 6.07) is 13.8. The number of hydrogen-bond acceptors (Lipinski definition) is 6. The van der Waals surface area contributed by atoms with Crippen LogP contribution in [0.25, 0.3) is 0 Å². The first-order valence-electron chi connectivity index (χ1n) is 10.7. The number of hydrogen-bond donors (Lipinski definition) is 1. The number of nitro groups is 1. The van der Waals surface area contributed by atoms with Gasteiger partial charge in [-0.1, -0.05) is 12.1 Å². The van der Waals surface area contributed by atoms with Gasteiger partial charge >= 0.3 is 0 Å². The molecule has 2 heterocycles. The number of carbonyl (C=O) groups is 1. The maximum Gasteiger partial charge on any atom is 0.291 e. The van der Waals surface area contributed by atoms with Gasteiger partial charge in [-0.15, -0.1) is 0 Å². The molecule has 0 saturated carbocycles. The fourth-order valence-corrected chi connectivity index (χ4v) is 3.42. The molecule has 0 aliphatic rings. The first-order chi connectivity index (χ1) is 17.6. The van der Waals surface area contributed by atoms with Crippen LogP contribution in [-0.4, -0.2) is 20.6 Å². The average molecular weight is 518 g/mol. The lowest BCUT2D eigenvalue weighted by atomic mass is 10.2. The minimum Gasteiger partial charge on any atom is -0.457 e. The number of alkyl halides is 4. The van der Waals surface area contributed by atoms with Crippen molar-refractivity contribution in [2.24, 2.45) is 0 Å². The highest BCUT2D eigenvalue weighted by Gasteiger charge is 2.22. The molecule has 1 N–H and O–H groups in total. The van der Waals surface area contributed by atoms with E-state index in [4.69, 9.17) is 9.15 Å². The fourth-order valence-electron chi connectivity index (χ4n) is 3.42. The molecular formula is C24H18F4N4O5. The summed E-state index contributed by atoms with van der Waals surface area (Å²) in [5.41, 5.74) is -0.932. The lowest BCUT2D eigenvalue weighted by Gasteiger charge is -2.09. The molecule has 0 saturated heterocycles. The van der Waals surface area contributed by atoms with Gasteiger partial charge in [0.25, 0.3) is 24.4 Å². The van der Waals surface area contributed by atoms with E-state index in [9.17, 15) is 32.5 Å². The van der Waals surface area contributed by atoms with Crippen LogP contribution in [0.3, 0.4) is 0 Å². The van der Waals surface area contributed by atoms with Crippen molar-refractivity contribution in [2.45, 2.75) is 26.3 Å². The highest BCUT2D eigenvalue weighted by Crippen LogP contribution is 2.31. The van der Waals surface area contributed by atoms with Crippen LogP contribution in [0.15, 0.2) is 65.1 Å². The third-order valence-corrected chi connectivity index (χ3v) is 5.05. The van der Waals surface area contributed by atoms with Gasteiger partial charge in [0.15, 0.2) is 5.76 Å². The predicted octanol–water partition coefficient (Wildman–Crippen LogP) is 6.66. The molecular weight excluding hydrogens is 500 g/mol. The van der Waals surface area contributed by atoms with Gasteiger partial charge in [0.05, 0.1) is 23.2 Å². The Morgan fingerprint density at radius 1 is 1.08 bits per heavy atom. The van der Waals surface area contributed by atoms with Gasteiger partial charge in [-0.3, -0.25) is 19.6 Å². The van der Waals surface area contributed by atoms with Gasteiger partial charge in [-0.25, -0.2) is 17.6 Å². The molecule has 0 radical (unpaired) electrons. The molecule has 0 aliphatic carbocycles. The number of non-ortho nitro benzene ring substituents is 1. The summed E-state index contributed by atoms with van der Waals surface area (Å²) < 4.78 is 63.9. The fraction of sp³-hybridized carbons (Fsp3) is 0.167. The summed E-state index contributed by atoms with van der Waals surface area (Å²) in [7, 11) is 0. The Kier molecular flexibility index (Phi) is 7.22. The van der Waals surface area contributed by atoms with Crippen LogP contribution in [0.4, 0.5) is 28.9 Å². The van der Waals surface area contributed by atoms with E-state index in [1.54, 1.807) is 18.2 Å². The molecule has 0 fully saturated rings. The standard InChI is InChI=1S/C24H18F4N4O5/c1-13-3-2-4-16(7-13)36-18-9-14(8-15(10-18)32(34)35)29-24(33)21-6-5-17(37-21)12-31-20(23(27)28)11-19(30-31)22(25)26/h2-11,22-23H,12H2,1H3,(H,29,33). The van der Waals surface area contributed by atoms with Gasteiger partial charge in [-0.2, -0.15) is 5.10 Å². The maximum absolute atomic E-state index is 13.2. The van der Waals surface area contributed by atoms with Crippen molar-refractivity contribution in [2.75, 3.05) is 5.32 Å². The molecule has 1 amide bonds. The summed E-state index contributed by atoms with van der Waals surface area (Å²) in [5.74, 6) is -0.509. The van der Waals surface area contributed by atoms with E-state index in [-0.39, 0.29) is 28.6 Å². The largest absolute Gasteiger partial charge is 0.457 e. The molecule has 37 heavy (non-hydrogen) atoms. The molecule has 13 heteroatoms. The zero-order valence-corrected chi connectivity index (χ0v) is 19.0. The highest BCUT2D eigenvalue weighted by molar-refractivity contribution is 6.02. The van der Waals surface area contributed by atoms with E-state index in [2.05, 4.69) is 10.4 Å². The number of aryl methyl sites for hydroxylation is 1. The number of halogens is 4. The van der Waals surface area contributed by atoms with E-state index in [0.29, 0.717) is 16.5 Å². The second kappa shape index (κ2) is 10.5. The third-order valence-electron chi connectivity index (χ3n) is 5.05. The Bertz CT molecular complexity index is 1450. The molecule has 4 rings (SSSR count). The van der Waals surface area contributed by atoms with E-state index < -0.39 is 41.6 Å². The van der Waals surface area contributed by atoms with Crippen LogP contribution in [0.5, 0.6) is 11.5 Å². The number of aromatic nitrogens is 2. The number of carbonyl (C=O) groups excluding carboxylic acids is 1. The summed E-state index contributed by atoms with van der Waals surface area (Å²) in [4.78, 5) is 23.4. The summed E-state index contributed by atoms with van der Waals surface area (Å²) >= 11 is 0. The van der Waals surface area contributed by atoms with Crippen molar-refractivity contribution in [1.29, 1.82) is 0 Å². The topological polar surface area (TPSA) is 112 Å². The Hall–Kier alpha value is -4.68. The number of nitrogens with one attached hydrogen (secondary N) is 1. The second-order valence-electron chi connectivity index (χ2n) is 7.86. The first kappa shape index (κ1) is 25.4. The van der Waals surface area contributed by atoms with Crippen molar-refractivity contribution in [3.05, 3.63) is 99.2 Å². The quantitative estimate of drug-likeness (QED) is 0.151. The maximum atomic E-state index is 13.2. The van der Waals surface area contributed by atoms with Gasteiger partial charge in [0.2, 0.25) is 0 Å². The average Bonchev–Trinajstić information content (AvgIpc) is 3.47. The lowest BCUT2D eigenvalue weighted by Crippen LogP contribution is -2.11. The van der Waals surface area contributed by atoms with Crippen LogP contribution >= 0.6 is 0 Å². The summed E-state index contributed by atoms with van der Waals surface area (Å²) in [6.07, 6.45) is -6.09. The van der Waals surface area contributed by atoms with Crippen molar-refractivity contribution in [3.8, 4) is 11.5 Å². The molecule has 0 spiro atoms. The molecule has 4 aromatic rings. The van der Waals surface area contributed by atoms with Gasteiger partial charge < -0.3 is 14.5 Å². The van der Waals surface area contributed by atoms with Crippen LogP contribution in [-0.2, 0) is 6.54 Å². The summed E-state index contributed by atoms with van der Waals surface area (Å²) in [6.45, 7) is 1.42. The second-order valence-corrected chi connectivity index (χ2v) is 7.86. The molecule has 192 valence electrons. The number of amides is 1. The normalized spacial score (nSPS) is 11.2. The van der Waals surface area contributed by atoms with Gasteiger partial charge in [0.1, 0.15) is 28.6 Å². The molecule has 0 atom stereocenters. The van der Waals surface area contributed by atoms with Crippen molar-refractivity contribution in [3.63, 3.8) is 0 Å². The number of furan rings is 1. The SMILES string of the molecule is Cc1cccc(Oc2cc(NC(=O)c3ccc(Cn4nc(C(F)F)cc4C(F)F)o3)cc([N+](=O)[O-])c2)c1. The van der Waals surface area contributed by atoms with E-state index >= 15 is 0 Å². The highest BCUT2D eigenvalue weighted by atomic mass is 19.3. The molecule has 0 bridgehead atoms. The monoisotopic (exact) mass is 518 g/mol.